The number of halogens is 1. The average Bonchev–Trinajstić information content (AvgIpc) is 2.87. The maximum absolute atomic E-state index is 13.7. The van der Waals surface area contributed by atoms with Gasteiger partial charge in [-0.1, -0.05) is 19.9 Å². The predicted octanol–water partition coefficient (Wildman–Crippen LogP) is 3.07. The lowest BCUT2D eigenvalue weighted by molar-refractivity contribution is 0.183. The van der Waals surface area contributed by atoms with E-state index in [4.69, 9.17) is 4.74 Å². The molecule has 0 saturated heterocycles. The Hall–Kier alpha value is -1.75. The van der Waals surface area contributed by atoms with Crippen molar-refractivity contribution < 1.29 is 9.13 Å². The molecule has 1 heterocycles. The van der Waals surface area contributed by atoms with Crippen molar-refractivity contribution in [2.24, 2.45) is 0 Å². The van der Waals surface area contributed by atoms with Crippen LogP contribution in [-0.2, 0) is 11.3 Å². The molecule has 2 aromatic rings. The van der Waals surface area contributed by atoms with Crippen molar-refractivity contribution in [2.75, 3.05) is 13.7 Å². The van der Waals surface area contributed by atoms with Crippen LogP contribution >= 0.6 is 0 Å². The second kappa shape index (κ2) is 7.63. The number of hydrogen-bond donors (Lipinski definition) is 0. The van der Waals surface area contributed by atoms with Crippen molar-refractivity contribution in [3.05, 3.63) is 35.9 Å². The second-order valence-corrected chi connectivity index (χ2v) is 3.81. The summed E-state index contributed by atoms with van der Waals surface area (Å²) in [5.74, 6) is 0.105. The Balaban J connectivity index is 0.000000861. The van der Waals surface area contributed by atoms with E-state index in [0.717, 1.165) is 5.56 Å². The van der Waals surface area contributed by atoms with E-state index in [1.807, 2.05) is 26.8 Å². The molecule has 1 aromatic heterocycles. The van der Waals surface area contributed by atoms with Gasteiger partial charge in [0.2, 0.25) is 0 Å². The molecule has 0 amide bonds. The fraction of sp³-hybridized carbons (Fsp3) is 0.429. The van der Waals surface area contributed by atoms with Crippen molar-refractivity contribution in [3.63, 3.8) is 0 Å². The van der Waals surface area contributed by atoms with Gasteiger partial charge in [0.25, 0.3) is 0 Å². The minimum Gasteiger partial charge on any atom is -0.383 e. The maximum Gasteiger partial charge on any atom is 0.184 e. The van der Waals surface area contributed by atoms with Gasteiger partial charge in [-0.25, -0.2) is 9.37 Å². The van der Waals surface area contributed by atoms with E-state index in [1.165, 1.54) is 6.07 Å². The Labute approximate surface area is 113 Å². The highest BCUT2D eigenvalue weighted by Gasteiger charge is 2.09. The van der Waals surface area contributed by atoms with Crippen LogP contribution < -0.4 is 0 Å². The summed E-state index contributed by atoms with van der Waals surface area (Å²) in [5, 5.41) is 4.19. The van der Waals surface area contributed by atoms with Gasteiger partial charge in [0.15, 0.2) is 5.82 Å². The number of methoxy groups -OCH3 is 1. The van der Waals surface area contributed by atoms with Crippen molar-refractivity contribution in [1.82, 2.24) is 14.8 Å². The zero-order chi connectivity index (χ0) is 14.3. The molecule has 0 saturated carbocycles. The van der Waals surface area contributed by atoms with Crippen LogP contribution in [0.5, 0.6) is 0 Å². The third-order valence-electron chi connectivity index (χ3n) is 2.43. The molecule has 1 aromatic carbocycles. The Bertz CT molecular complexity index is 511. The highest BCUT2D eigenvalue weighted by atomic mass is 19.1. The van der Waals surface area contributed by atoms with Gasteiger partial charge in [0.05, 0.1) is 18.7 Å². The fourth-order valence-corrected chi connectivity index (χ4v) is 1.51. The summed E-state index contributed by atoms with van der Waals surface area (Å²) in [6.07, 6.45) is 1.58. The van der Waals surface area contributed by atoms with E-state index in [1.54, 1.807) is 24.2 Å². The molecule has 0 aliphatic heterocycles. The lowest BCUT2D eigenvalue weighted by atomic mass is 10.1. The molecular weight excluding hydrogens is 245 g/mol. The highest BCUT2D eigenvalue weighted by molar-refractivity contribution is 5.55. The Morgan fingerprint density at radius 2 is 2.05 bits per heavy atom. The summed E-state index contributed by atoms with van der Waals surface area (Å²) in [4.78, 5) is 4.09. The van der Waals surface area contributed by atoms with Crippen LogP contribution in [0.1, 0.15) is 19.4 Å². The molecule has 2 rings (SSSR count). The SMILES string of the molecule is CC.COCCn1cnc(-c2ccc(C)cc2F)n1. The van der Waals surface area contributed by atoms with Gasteiger partial charge in [-0.3, -0.25) is 4.68 Å². The first-order chi connectivity index (χ1) is 9.20. The predicted molar refractivity (Wildman–Crippen MR) is 73.4 cm³/mol. The molecule has 0 bridgehead atoms. The zero-order valence-electron chi connectivity index (χ0n) is 11.9. The van der Waals surface area contributed by atoms with Crippen molar-refractivity contribution in [2.45, 2.75) is 27.3 Å². The smallest absolute Gasteiger partial charge is 0.184 e. The van der Waals surface area contributed by atoms with Crippen molar-refractivity contribution >= 4 is 0 Å². The summed E-state index contributed by atoms with van der Waals surface area (Å²) in [6.45, 7) is 7.01. The third kappa shape index (κ3) is 4.13. The first kappa shape index (κ1) is 15.3. The molecule has 0 aliphatic rings. The molecule has 19 heavy (non-hydrogen) atoms. The van der Waals surface area contributed by atoms with Crippen LogP contribution in [-0.4, -0.2) is 28.5 Å². The van der Waals surface area contributed by atoms with Crippen LogP contribution in [0, 0.1) is 12.7 Å². The van der Waals surface area contributed by atoms with E-state index >= 15 is 0 Å². The maximum atomic E-state index is 13.7. The summed E-state index contributed by atoms with van der Waals surface area (Å²) in [6, 6.07) is 5.01. The quantitative estimate of drug-likeness (QED) is 0.853. The standard InChI is InChI=1S/C12H14FN3O.C2H6/c1-9-3-4-10(11(13)7-9)12-14-8-16(15-12)5-6-17-2;1-2/h3-4,7-8H,5-6H2,1-2H3;1-2H3. The number of benzene rings is 1. The zero-order valence-corrected chi connectivity index (χ0v) is 11.9. The van der Waals surface area contributed by atoms with Gasteiger partial charge in [-0.15, -0.1) is 0 Å². The lowest BCUT2D eigenvalue weighted by Crippen LogP contribution is -2.04. The molecule has 104 valence electrons. The molecule has 0 atom stereocenters. The van der Waals surface area contributed by atoms with E-state index in [0.29, 0.717) is 24.5 Å². The van der Waals surface area contributed by atoms with Crippen LogP contribution in [0.15, 0.2) is 24.5 Å². The number of aryl methyl sites for hydroxylation is 1. The van der Waals surface area contributed by atoms with Gasteiger partial charge >= 0.3 is 0 Å². The first-order valence-electron chi connectivity index (χ1n) is 6.35. The molecular formula is C14H20FN3O. The van der Waals surface area contributed by atoms with E-state index in [9.17, 15) is 4.39 Å². The molecule has 0 unspecified atom stereocenters. The van der Waals surface area contributed by atoms with E-state index in [2.05, 4.69) is 10.1 Å². The summed E-state index contributed by atoms with van der Waals surface area (Å²) >= 11 is 0. The molecule has 0 fully saturated rings. The summed E-state index contributed by atoms with van der Waals surface area (Å²) in [5.41, 5.74) is 1.30. The largest absolute Gasteiger partial charge is 0.383 e. The normalized spacial score (nSPS) is 9.95. The Morgan fingerprint density at radius 3 is 2.68 bits per heavy atom. The van der Waals surface area contributed by atoms with Gasteiger partial charge in [-0.05, 0) is 24.6 Å². The Morgan fingerprint density at radius 1 is 1.32 bits per heavy atom. The molecule has 0 radical (unpaired) electrons. The fourth-order valence-electron chi connectivity index (χ4n) is 1.51. The number of aromatic nitrogens is 3. The molecule has 0 N–H and O–H groups in total. The van der Waals surface area contributed by atoms with Crippen molar-refractivity contribution in [1.29, 1.82) is 0 Å². The third-order valence-corrected chi connectivity index (χ3v) is 2.43. The van der Waals surface area contributed by atoms with Crippen molar-refractivity contribution in [3.8, 4) is 11.4 Å². The monoisotopic (exact) mass is 265 g/mol. The van der Waals surface area contributed by atoms with Crippen LogP contribution in [0.4, 0.5) is 4.39 Å². The van der Waals surface area contributed by atoms with Crippen LogP contribution in [0.3, 0.4) is 0 Å². The van der Waals surface area contributed by atoms with Gasteiger partial charge < -0.3 is 4.74 Å². The van der Waals surface area contributed by atoms with Gasteiger partial charge in [-0.2, -0.15) is 5.10 Å². The minimum atomic E-state index is -0.297. The average molecular weight is 265 g/mol. The summed E-state index contributed by atoms with van der Waals surface area (Å²) in [7, 11) is 1.62. The number of hydrogen-bond acceptors (Lipinski definition) is 3. The minimum absolute atomic E-state index is 0.297. The van der Waals surface area contributed by atoms with E-state index in [-0.39, 0.29) is 5.82 Å². The molecule has 0 spiro atoms. The lowest BCUT2D eigenvalue weighted by Gasteiger charge is -2.00. The van der Waals surface area contributed by atoms with Crippen LogP contribution in [0.25, 0.3) is 11.4 Å². The summed E-state index contributed by atoms with van der Waals surface area (Å²) < 4.78 is 20.3. The molecule has 4 nitrogen and oxygen atoms in total. The topological polar surface area (TPSA) is 39.9 Å². The highest BCUT2D eigenvalue weighted by Crippen LogP contribution is 2.19. The second-order valence-electron chi connectivity index (χ2n) is 3.81. The Kier molecular flexibility index (Phi) is 6.15. The molecule has 0 aliphatic carbocycles. The first-order valence-corrected chi connectivity index (χ1v) is 6.35. The number of nitrogens with zero attached hydrogens (tertiary/aromatic N) is 3. The van der Waals surface area contributed by atoms with E-state index < -0.39 is 0 Å². The van der Waals surface area contributed by atoms with Gasteiger partial charge in [0, 0.05) is 7.11 Å². The van der Waals surface area contributed by atoms with Crippen LogP contribution in [0.2, 0.25) is 0 Å². The number of rotatable bonds is 4. The van der Waals surface area contributed by atoms with Gasteiger partial charge in [0.1, 0.15) is 12.1 Å². The number of ether oxygens (including phenoxy) is 1. The molecule has 5 heteroatoms.